The topological polar surface area (TPSA) is 92.4 Å². The summed E-state index contributed by atoms with van der Waals surface area (Å²) in [6.07, 6.45) is 1.26. The van der Waals surface area contributed by atoms with Crippen LogP contribution in [0.3, 0.4) is 0 Å². The SMILES string of the molecule is CCCC(CNC(=O)c1cc(-c2ccccc2)on1)C(=O)O. The Balaban J connectivity index is 1.99. The predicted octanol–water partition coefficient (Wildman–Crippen LogP) is 2.57. The lowest BCUT2D eigenvalue weighted by molar-refractivity contribution is -0.141. The molecule has 2 aromatic rings. The van der Waals surface area contributed by atoms with E-state index in [2.05, 4.69) is 10.5 Å². The maximum atomic E-state index is 12.0. The smallest absolute Gasteiger partial charge is 0.308 e. The third-order valence-corrected chi connectivity index (χ3v) is 3.30. The highest BCUT2D eigenvalue weighted by atomic mass is 16.5. The highest BCUT2D eigenvalue weighted by Gasteiger charge is 2.19. The minimum Gasteiger partial charge on any atom is -0.481 e. The molecule has 0 aliphatic rings. The number of carboxylic acid groups (broad SMARTS) is 1. The first-order valence-electron chi connectivity index (χ1n) is 7.15. The normalized spacial score (nSPS) is 11.9. The fourth-order valence-corrected chi connectivity index (χ4v) is 2.09. The molecule has 1 amide bonds. The summed E-state index contributed by atoms with van der Waals surface area (Å²) < 4.78 is 5.15. The second-order valence-corrected chi connectivity index (χ2v) is 4.98. The van der Waals surface area contributed by atoms with Gasteiger partial charge in [0, 0.05) is 18.2 Å². The number of carbonyl (C=O) groups excluding carboxylic acids is 1. The first kappa shape index (κ1) is 15.8. The van der Waals surface area contributed by atoms with E-state index >= 15 is 0 Å². The van der Waals surface area contributed by atoms with Crippen molar-refractivity contribution < 1.29 is 19.2 Å². The zero-order chi connectivity index (χ0) is 15.9. The number of benzene rings is 1. The first-order chi connectivity index (χ1) is 10.6. The van der Waals surface area contributed by atoms with E-state index in [0.29, 0.717) is 12.2 Å². The van der Waals surface area contributed by atoms with Gasteiger partial charge in [-0.25, -0.2) is 0 Å². The number of carbonyl (C=O) groups is 2. The minimum absolute atomic E-state index is 0.0789. The van der Waals surface area contributed by atoms with Crippen molar-refractivity contribution in [3.8, 4) is 11.3 Å². The van der Waals surface area contributed by atoms with E-state index in [1.165, 1.54) is 0 Å². The molecular formula is C16H18N2O4. The molecule has 0 aliphatic carbocycles. The van der Waals surface area contributed by atoms with Gasteiger partial charge in [-0.3, -0.25) is 9.59 Å². The highest BCUT2D eigenvalue weighted by Crippen LogP contribution is 2.19. The molecule has 0 fully saturated rings. The van der Waals surface area contributed by atoms with Crippen LogP contribution in [0.15, 0.2) is 40.9 Å². The minimum atomic E-state index is -0.910. The van der Waals surface area contributed by atoms with E-state index in [-0.39, 0.29) is 12.2 Å². The number of nitrogens with one attached hydrogen (secondary N) is 1. The van der Waals surface area contributed by atoms with Crippen LogP contribution in [-0.2, 0) is 4.79 Å². The molecule has 2 N–H and O–H groups in total. The third-order valence-electron chi connectivity index (χ3n) is 3.30. The van der Waals surface area contributed by atoms with Gasteiger partial charge in [0.15, 0.2) is 11.5 Å². The highest BCUT2D eigenvalue weighted by molar-refractivity contribution is 5.93. The Morgan fingerprint density at radius 2 is 2.05 bits per heavy atom. The summed E-state index contributed by atoms with van der Waals surface area (Å²) in [5.41, 5.74) is 0.961. The Hall–Kier alpha value is -2.63. The predicted molar refractivity (Wildman–Crippen MR) is 80.3 cm³/mol. The number of amides is 1. The van der Waals surface area contributed by atoms with Crippen LogP contribution < -0.4 is 5.32 Å². The van der Waals surface area contributed by atoms with Crippen molar-refractivity contribution in [3.63, 3.8) is 0 Å². The molecule has 1 heterocycles. The molecule has 1 atom stereocenters. The Bertz CT molecular complexity index is 637. The molecule has 1 unspecified atom stereocenters. The molecule has 116 valence electrons. The number of aliphatic carboxylic acids is 1. The molecule has 0 aliphatic heterocycles. The average molecular weight is 302 g/mol. The Morgan fingerprint density at radius 3 is 2.68 bits per heavy atom. The monoisotopic (exact) mass is 302 g/mol. The molecule has 0 bridgehead atoms. The number of hydrogen-bond acceptors (Lipinski definition) is 4. The second kappa shape index (κ2) is 7.40. The fraction of sp³-hybridized carbons (Fsp3) is 0.312. The zero-order valence-corrected chi connectivity index (χ0v) is 12.3. The number of hydrogen-bond donors (Lipinski definition) is 2. The summed E-state index contributed by atoms with van der Waals surface area (Å²) in [6.45, 7) is 1.98. The van der Waals surface area contributed by atoms with Gasteiger partial charge < -0.3 is 14.9 Å². The Labute approximate surface area is 128 Å². The van der Waals surface area contributed by atoms with Crippen LogP contribution in [0.4, 0.5) is 0 Å². The summed E-state index contributed by atoms with van der Waals surface area (Å²) in [5.74, 6) is -1.44. The lowest BCUT2D eigenvalue weighted by Crippen LogP contribution is -2.33. The van der Waals surface area contributed by atoms with E-state index in [1.807, 2.05) is 37.3 Å². The van der Waals surface area contributed by atoms with E-state index in [9.17, 15) is 9.59 Å². The van der Waals surface area contributed by atoms with Crippen LogP contribution in [0.5, 0.6) is 0 Å². The second-order valence-electron chi connectivity index (χ2n) is 4.98. The number of carboxylic acids is 1. The molecule has 0 saturated carbocycles. The largest absolute Gasteiger partial charge is 0.481 e. The van der Waals surface area contributed by atoms with Crippen LogP contribution in [0.1, 0.15) is 30.3 Å². The summed E-state index contributed by atoms with van der Waals surface area (Å²) in [4.78, 5) is 23.0. The van der Waals surface area contributed by atoms with Crippen LogP contribution in [-0.4, -0.2) is 28.7 Å². The standard InChI is InChI=1S/C16H18N2O4/c1-2-6-12(16(20)21)10-17-15(19)13-9-14(22-18-13)11-7-4-3-5-8-11/h3-5,7-9,12H,2,6,10H2,1H3,(H,17,19)(H,20,21). The van der Waals surface area contributed by atoms with Gasteiger partial charge in [-0.15, -0.1) is 0 Å². The molecule has 1 aromatic heterocycles. The number of nitrogens with zero attached hydrogens (tertiary/aromatic N) is 1. The summed E-state index contributed by atoms with van der Waals surface area (Å²) in [5, 5.41) is 15.4. The van der Waals surface area contributed by atoms with Gasteiger partial charge in [0.1, 0.15) is 0 Å². The molecule has 2 rings (SSSR count). The van der Waals surface area contributed by atoms with Crippen molar-refractivity contribution in [2.45, 2.75) is 19.8 Å². The fourth-order valence-electron chi connectivity index (χ4n) is 2.09. The van der Waals surface area contributed by atoms with Gasteiger partial charge in [0.05, 0.1) is 5.92 Å². The zero-order valence-electron chi connectivity index (χ0n) is 12.3. The van der Waals surface area contributed by atoms with Gasteiger partial charge >= 0.3 is 5.97 Å². The molecule has 6 heteroatoms. The maximum Gasteiger partial charge on any atom is 0.308 e. The molecule has 22 heavy (non-hydrogen) atoms. The number of aromatic nitrogens is 1. The van der Waals surface area contributed by atoms with Crippen LogP contribution >= 0.6 is 0 Å². The maximum absolute atomic E-state index is 12.0. The average Bonchev–Trinajstić information content (AvgIpc) is 3.01. The van der Waals surface area contributed by atoms with Gasteiger partial charge in [-0.2, -0.15) is 0 Å². The van der Waals surface area contributed by atoms with E-state index in [4.69, 9.17) is 9.63 Å². The van der Waals surface area contributed by atoms with Gasteiger partial charge in [0.25, 0.3) is 5.91 Å². The molecule has 1 aromatic carbocycles. The van der Waals surface area contributed by atoms with Gasteiger partial charge in [0.2, 0.25) is 0 Å². The van der Waals surface area contributed by atoms with Crippen molar-refractivity contribution >= 4 is 11.9 Å². The summed E-state index contributed by atoms with van der Waals surface area (Å²) in [7, 11) is 0. The van der Waals surface area contributed by atoms with Crippen molar-refractivity contribution in [3.05, 3.63) is 42.1 Å². The van der Waals surface area contributed by atoms with Crippen LogP contribution in [0.2, 0.25) is 0 Å². The lowest BCUT2D eigenvalue weighted by atomic mass is 10.0. The molecular weight excluding hydrogens is 284 g/mol. The van der Waals surface area contributed by atoms with Gasteiger partial charge in [-0.1, -0.05) is 48.8 Å². The van der Waals surface area contributed by atoms with E-state index in [0.717, 1.165) is 12.0 Å². The lowest BCUT2D eigenvalue weighted by Gasteiger charge is -2.11. The third kappa shape index (κ3) is 3.94. The van der Waals surface area contributed by atoms with Crippen LogP contribution in [0.25, 0.3) is 11.3 Å². The quantitative estimate of drug-likeness (QED) is 0.820. The van der Waals surface area contributed by atoms with E-state index in [1.54, 1.807) is 6.07 Å². The van der Waals surface area contributed by atoms with Gasteiger partial charge in [-0.05, 0) is 6.42 Å². The van der Waals surface area contributed by atoms with Crippen molar-refractivity contribution in [1.29, 1.82) is 0 Å². The molecule has 0 radical (unpaired) electrons. The number of rotatable bonds is 7. The Kier molecular flexibility index (Phi) is 5.30. The molecule has 0 spiro atoms. The molecule has 6 nitrogen and oxygen atoms in total. The van der Waals surface area contributed by atoms with Crippen molar-refractivity contribution in [2.24, 2.45) is 5.92 Å². The van der Waals surface area contributed by atoms with Crippen molar-refractivity contribution in [1.82, 2.24) is 10.5 Å². The summed E-state index contributed by atoms with van der Waals surface area (Å²) in [6, 6.07) is 10.8. The van der Waals surface area contributed by atoms with Crippen LogP contribution in [0, 0.1) is 5.92 Å². The van der Waals surface area contributed by atoms with E-state index < -0.39 is 17.8 Å². The summed E-state index contributed by atoms with van der Waals surface area (Å²) >= 11 is 0. The first-order valence-corrected chi connectivity index (χ1v) is 7.15. The van der Waals surface area contributed by atoms with Crippen molar-refractivity contribution in [2.75, 3.05) is 6.54 Å². The Morgan fingerprint density at radius 1 is 1.32 bits per heavy atom. The molecule has 0 saturated heterocycles.